The van der Waals surface area contributed by atoms with Crippen LogP contribution >= 0.6 is 11.6 Å². The summed E-state index contributed by atoms with van der Waals surface area (Å²) in [5, 5.41) is 14.5. The summed E-state index contributed by atoms with van der Waals surface area (Å²) in [5.74, 6) is 0.951. The van der Waals surface area contributed by atoms with Crippen LogP contribution in [0.25, 0.3) is 0 Å². The van der Waals surface area contributed by atoms with Crippen LogP contribution in [0.5, 0.6) is 5.75 Å². The number of hydrogen-bond acceptors (Lipinski definition) is 5. The highest BCUT2D eigenvalue weighted by Crippen LogP contribution is 2.18. The van der Waals surface area contributed by atoms with E-state index < -0.39 is 0 Å². The number of benzene rings is 2. The van der Waals surface area contributed by atoms with Crippen molar-refractivity contribution in [3.8, 4) is 5.75 Å². The number of ether oxygens (including phenoxy) is 1. The summed E-state index contributed by atoms with van der Waals surface area (Å²) < 4.78 is 5.37. The number of rotatable bonds is 6. The molecule has 0 unspecified atom stereocenters. The molecule has 0 atom stereocenters. The zero-order valence-electron chi connectivity index (χ0n) is 14.1. The number of nitrogens with one attached hydrogen (secondary N) is 2. The smallest absolute Gasteiger partial charge is 0.276 e. The average Bonchev–Trinajstić information content (AvgIpc) is 2.66. The molecule has 0 radical (unpaired) electrons. The molecular weight excluding hydrogens is 352 g/mol. The molecular formula is C19H17ClN4O2. The van der Waals surface area contributed by atoms with E-state index in [-0.39, 0.29) is 11.6 Å². The second-order valence-corrected chi connectivity index (χ2v) is 5.78. The van der Waals surface area contributed by atoms with E-state index in [4.69, 9.17) is 16.3 Å². The van der Waals surface area contributed by atoms with E-state index in [0.29, 0.717) is 23.1 Å². The van der Waals surface area contributed by atoms with E-state index >= 15 is 0 Å². The summed E-state index contributed by atoms with van der Waals surface area (Å²) in [5.41, 5.74) is 1.71. The molecule has 132 valence electrons. The van der Waals surface area contributed by atoms with Crippen molar-refractivity contribution < 1.29 is 9.53 Å². The highest BCUT2D eigenvalue weighted by Gasteiger charge is 2.09. The molecule has 3 rings (SSSR count). The van der Waals surface area contributed by atoms with E-state index in [1.165, 1.54) is 0 Å². The fourth-order valence-electron chi connectivity index (χ4n) is 2.20. The Balaban J connectivity index is 1.62. The first kappa shape index (κ1) is 17.7. The lowest BCUT2D eigenvalue weighted by Gasteiger charge is -2.08. The van der Waals surface area contributed by atoms with Crippen molar-refractivity contribution in [2.45, 2.75) is 6.92 Å². The first-order chi connectivity index (χ1) is 12.6. The van der Waals surface area contributed by atoms with E-state index in [1.807, 2.05) is 19.1 Å². The summed E-state index contributed by atoms with van der Waals surface area (Å²) in [4.78, 5) is 12.3. The maximum absolute atomic E-state index is 12.3. The monoisotopic (exact) mass is 368 g/mol. The standard InChI is InChI=1S/C19H17ClN4O2/c1-2-26-16-9-7-15(8-10-16)22-19(25)17-11-12-18(24-23-17)21-14-5-3-13(20)4-6-14/h3-12H,2H2,1H3,(H,21,24)(H,22,25). The number of halogens is 1. The van der Waals surface area contributed by atoms with Gasteiger partial charge in [0.25, 0.3) is 5.91 Å². The van der Waals surface area contributed by atoms with Gasteiger partial charge in [-0.05, 0) is 67.6 Å². The first-order valence-corrected chi connectivity index (χ1v) is 8.42. The van der Waals surface area contributed by atoms with Crippen molar-refractivity contribution in [3.05, 3.63) is 71.4 Å². The molecule has 0 bridgehead atoms. The van der Waals surface area contributed by atoms with E-state index in [2.05, 4.69) is 20.8 Å². The Hall–Kier alpha value is -3.12. The molecule has 1 aromatic heterocycles. The molecule has 0 aliphatic heterocycles. The summed E-state index contributed by atoms with van der Waals surface area (Å²) in [6.07, 6.45) is 0. The average molecular weight is 369 g/mol. The van der Waals surface area contributed by atoms with Gasteiger partial charge < -0.3 is 15.4 Å². The Bertz CT molecular complexity index is 866. The Morgan fingerprint density at radius 3 is 2.27 bits per heavy atom. The molecule has 1 heterocycles. The molecule has 2 aromatic carbocycles. The third-order valence-corrected chi connectivity index (χ3v) is 3.69. The van der Waals surface area contributed by atoms with E-state index in [0.717, 1.165) is 11.4 Å². The fraction of sp³-hybridized carbons (Fsp3) is 0.105. The van der Waals surface area contributed by atoms with Crippen molar-refractivity contribution >= 4 is 34.7 Å². The molecule has 0 fully saturated rings. The van der Waals surface area contributed by atoms with Crippen LogP contribution in [0.4, 0.5) is 17.2 Å². The third-order valence-electron chi connectivity index (χ3n) is 3.44. The Kier molecular flexibility index (Phi) is 5.66. The Morgan fingerprint density at radius 1 is 0.962 bits per heavy atom. The van der Waals surface area contributed by atoms with Crippen molar-refractivity contribution in [1.82, 2.24) is 10.2 Å². The van der Waals surface area contributed by atoms with Gasteiger partial charge in [-0.25, -0.2) is 0 Å². The maximum atomic E-state index is 12.3. The number of anilines is 3. The second-order valence-electron chi connectivity index (χ2n) is 5.35. The van der Waals surface area contributed by atoms with E-state index in [1.54, 1.807) is 48.5 Å². The van der Waals surface area contributed by atoms with Crippen LogP contribution < -0.4 is 15.4 Å². The van der Waals surface area contributed by atoms with Gasteiger partial charge in [-0.3, -0.25) is 4.79 Å². The third kappa shape index (κ3) is 4.70. The van der Waals surface area contributed by atoms with Gasteiger partial charge in [-0.15, -0.1) is 10.2 Å². The number of hydrogen-bond donors (Lipinski definition) is 2. The molecule has 0 spiro atoms. The predicted octanol–water partition coefficient (Wildman–Crippen LogP) is 4.52. The minimum atomic E-state index is -0.334. The summed E-state index contributed by atoms with van der Waals surface area (Å²) in [6.45, 7) is 2.51. The fourth-order valence-corrected chi connectivity index (χ4v) is 2.32. The van der Waals surface area contributed by atoms with Crippen LogP contribution in [0.15, 0.2) is 60.7 Å². The molecule has 0 saturated heterocycles. The van der Waals surface area contributed by atoms with Crippen LogP contribution in [0, 0.1) is 0 Å². The van der Waals surface area contributed by atoms with Gasteiger partial charge in [0.1, 0.15) is 5.75 Å². The lowest BCUT2D eigenvalue weighted by Crippen LogP contribution is -2.14. The van der Waals surface area contributed by atoms with Crippen LogP contribution in [-0.4, -0.2) is 22.7 Å². The number of amides is 1. The topological polar surface area (TPSA) is 76.1 Å². The molecule has 0 aliphatic carbocycles. The quantitative estimate of drug-likeness (QED) is 0.668. The molecule has 6 nitrogen and oxygen atoms in total. The van der Waals surface area contributed by atoms with Gasteiger partial charge in [0.05, 0.1) is 6.61 Å². The van der Waals surface area contributed by atoms with Gasteiger partial charge in [-0.1, -0.05) is 11.6 Å². The normalized spacial score (nSPS) is 10.2. The molecule has 26 heavy (non-hydrogen) atoms. The predicted molar refractivity (Wildman–Crippen MR) is 102 cm³/mol. The SMILES string of the molecule is CCOc1ccc(NC(=O)c2ccc(Nc3ccc(Cl)cc3)nn2)cc1. The van der Waals surface area contributed by atoms with Crippen LogP contribution in [0.1, 0.15) is 17.4 Å². The zero-order valence-corrected chi connectivity index (χ0v) is 14.8. The van der Waals surface area contributed by atoms with Crippen molar-refractivity contribution in [1.29, 1.82) is 0 Å². The zero-order chi connectivity index (χ0) is 18.4. The molecule has 2 N–H and O–H groups in total. The van der Waals surface area contributed by atoms with Gasteiger partial charge >= 0.3 is 0 Å². The van der Waals surface area contributed by atoms with Gasteiger partial charge in [-0.2, -0.15) is 0 Å². The van der Waals surface area contributed by atoms with E-state index in [9.17, 15) is 4.79 Å². The highest BCUT2D eigenvalue weighted by molar-refractivity contribution is 6.30. The van der Waals surface area contributed by atoms with Crippen molar-refractivity contribution in [3.63, 3.8) is 0 Å². The van der Waals surface area contributed by atoms with Crippen molar-refractivity contribution in [2.75, 3.05) is 17.2 Å². The number of carbonyl (C=O) groups is 1. The lowest BCUT2D eigenvalue weighted by atomic mass is 10.3. The van der Waals surface area contributed by atoms with Gasteiger partial charge in [0.15, 0.2) is 11.5 Å². The summed E-state index contributed by atoms with van der Waals surface area (Å²) in [6, 6.07) is 17.6. The minimum absolute atomic E-state index is 0.223. The largest absolute Gasteiger partial charge is 0.494 e. The number of carbonyl (C=O) groups excluding carboxylic acids is 1. The molecule has 0 saturated carbocycles. The summed E-state index contributed by atoms with van der Waals surface area (Å²) >= 11 is 5.85. The minimum Gasteiger partial charge on any atom is -0.494 e. The summed E-state index contributed by atoms with van der Waals surface area (Å²) in [7, 11) is 0. The molecule has 1 amide bonds. The van der Waals surface area contributed by atoms with Crippen LogP contribution in [-0.2, 0) is 0 Å². The van der Waals surface area contributed by atoms with Gasteiger partial charge in [0, 0.05) is 16.4 Å². The van der Waals surface area contributed by atoms with Gasteiger partial charge in [0.2, 0.25) is 0 Å². The maximum Gasteiger partial charge on any atom is 0.276 e. The highest BCUT2D eigenvalue weighted by atomic mass is 35.5. The van der Waals surface area contributed by atoms with Crippen molar-refractivity contribution in [2.24, 2.45) is 0 Å². The number of aromatic nitrogens is 2. The second kappa shape index (κ2) is 8.31. The Morgan fingerprint density at radius 2 is 1.65 bits per heavy atom. The first-order valence-electron chi connectivity index (χ1n) is 8.04. The lowest BCUT2D eigenvalue weighted by molar-refractivity contribution is 0.102. The molecule has 7 heteroatoms. The number of nitrogens with zero attached hydrogens (tertiary/aromatic N) is 2. The molecule has 3 aromatic rings. The van der Waals surface area contributed by atoms with Crippen LogP contribution in [0.2, 0.25) is 5.02 Å². The Labute approximate surface area is 156 Å². The molecule has 0 aliphatic rings. The van der Waals surface area contributed by atoms with Crippen LogP contribution in [0.3, 0.4) is 0 Å².